The molecular formula is C49H94N2O8. The fourth-order valence-corrected chi connectivity index (χ4v) is 6.63. The van der Waals surface area contributed by atoms with Crippen molar-refractivity contribution in [1.29, 1.82) is 0 Å². The Morgan fingerprint density at radius 3 is 1.68 bits per heavy atom. The summed E-state index contributed by atoms with van der Waals surface area (Å²) in [7, 11) is 0. The molecule has 0 saturated heterocycles. The van der Waals surface area contributed by atoms with Crippen molar-refractivity contribution in [2.45, 2.75) is 214 Å². The van der Waals surface area contributed by atoms with Crippen LogP contribution in [0.25, 0.3) is 0 Å². The lowest BCUT2D eigenvalue weighted by Gasteiger charge is -2.22. The molecule has 0 aromatic heterocycles. The van der Waals surface area contributed by atoms with Gasteiger partial charge >= 0.3 is 12.1 Å². The van der Waals surface area contributed by atoms with E-state index in [1.165, 1.54) is 77.0 Å². The van der Waals surface area contributed by atoms with E-state index in [-0.39, 0.29) is 25.8 Å². The maximum Gasteiger partial charge on any atom is 0.407 e. The fraction of sp³-hybridized carbons (Fsp3) is 0.878. The highest BCUT2D eigenvalue weighted by Gasteiger charge is 2.19. The molecule has 0 radical (unpaired) electrons. The van der Waals surface area contributed by atoms with Gasteiger partial charge in [0.15, 0.2) is 12.6 Å². The third-order valence-corrected chi connectivity index (χ3v) is 10.6. The molecule has 2 N–H and O–H groups in total. The largest absolute Gasteiger partial charge is 0.465 e. The maximum absolute atomic E-state index is 12.7. The van der Waals surface area contributed by atoms with Crippen molar-refractivity contribution >= 4 is 12.1 Å². The van der Waals surface area contributed by atoms with Crippen LogP contribution in [0.5, 0.6) is 0 Å². The first kappa shape index (κ1) is 57.0. The molecule has 0 spiro atoms. The maximum atomic E-state index is 12.7. The zero-order valence-corrected chi connectivity index (χ0v) is 39.0. The van der Waals surface area contributed by atoms with E-state index in [0.29, 0.717) is 39.0 Å². The summed E-state index contributed by atoms with van der Waals surface area (Å²) in [5.41, 5.74) is 0. The number of rotatable bonds is 45. The van der Waals surface area contributed by atoms with Crippen molar-refractivity contribution < 1.29 is 38.4 Å². The molecule has 0 fully saturated rings. The van der Waals surface area contributed by atoms with Gasteiger partial charge in [0, 0.05) is 45.6 Å². The number of amides is 1. The molecule has 348 valence electrons. The van der Waals surface area contributed by atoms with Crippen molar-refractivity contribution in [2.75, 3.05) is 59.2 Å². The number of carbonyl (C=O) groups is 2. The number of nitrogens with one attached hydrogen (secondary N) is 1. The fourth-order valence-electron chi connectivity index (χ4n) is 6.63. The van der Waals surface area contributed by atoms with Crippen LogP contribution in [-0.2, 0) is 28.5 Å². The Morgan fingerprint density at radius 1 is 0.576 bits per heavy atom. The Hall–Kier alpha value is -1.98. The van der Waals surface area contributed by atoms with Gasteiger partial charge in [0.25, 0.3) is 0 Å². The van der Waals surface area contributed by atoms with Crippen LogP contribution < -0.4 is 5.32 Å². The number of hydrogen-bond acceptors (Lipinski definition) is 9. The van der Waals surface area contributed by atoms with Crippen LogP contribution in [0.2, 0.25) is 0 Å². The lowest BCUT2D eigenvalue weighted by molar-refractivity contribution is -0.170. The average molecular weight is 839 g/mol. The molecule has 0 rings (SSSR count). The van der Waals surface area contributed by atoms with Gasteiger partial charge in [0.2, 0.25) is 0 Å². The molecule has 0 saturated carbocycles. The van der Waals surface area contributed by atoms with Gasteiger partial charge in [-0.05, 0) is 64.5 Å². The first-order valence-electron chi connectivity index (χ1n) is 24.5. The Bertz CT molecular complexity index is 942. The number of nitrogens with zero attached hydrogens (tertiary/aromatic N) is 1. The van der Waals surface area contributed by atoms with Crippen molar-refractivity contribution in [1.82, 2.24) is 10.2 Å². The number of alkyl carbamates (subject to hydrolysis) is 1. The minimum atomic E-state index is -1.05. The second kappa shape index (κ2) is 45.5. The number of likely N-dealkylation sites (N-methyl/N-ethyl adjacent to an activating group) is 1. The van der Waals surface area contributed by atoms with Crippen molar-refractivity contribution in [2.24, 2.45) is 5.92 Å². The van der Waals surface area contributed by atoms with E-state index in [4.69, 9.17) is 23.7 Å². The molecule has 2 unspecified atom stereocenters. The lowest BCUT2D eigenvalue weighted by Crippen LogP contribution is -2.36. The van der Waals surface area contributed by atoms with Gasteiger partial charge in [-0.3, -0.25) is 4.79 Å². The zero-order valence-electron chi connectivity index (χ0n) is 39.0. The molecule has 10 heteroatoms. The third-order valence-electron chi connectivity index (χ3n) is 10.6. The van der Waals surface area contributed by atoms with Crippen molar-refractivity contribution in [3.63, 3.8) is 0 Å². The highest BCUT2D eigenvalue weighted by Crippen LogP contribution is 2.15. The van der Waals surface area contributed by atoms with Crippen LogP contribution in [0.3, 0.4) is 0 Å². The summed E-state index contributed by atoms with van der Waals surface area (Å²) in [6.45, 7) is 15.3. The van der Waals surface area contributed by atoms with Crippen LogP contribution in [0.4, 0.5) is 4.79 Å². The number of unbranched alkanes of at least 4 members (excludes halogenated alkanes) is 18. The minimum absolute atomic E-state index is 0.00611. The van der Waals surface area contributed by atoms with Gasteiger partial charge in [-0.15, -0.1) is 0 Å². The molecule has 0 aromatic carbocycles. The molecule has 0 aliphatic carbocycles. The summed E-state index contributed by atoms with van der Waals surface area (Å²) in [6, 6.07) is 0. The normalized spacial score (nSPS) is 12.9. The van der Waals surface area contributed by atoms with Crippen LogP contribution in [0.15, 0.2) is 24.3 Å². The van der Waals surface area contributed by atoms with Crippen LogP contribution in [0, 0.1) is 5.92 Å². The van der Waals surface area contributed by atoms with Crippen LogP contribution in [0.1, 0.15) is 202 Å². The molecule has 0 aliphatic rings. The SMILES string of the molecule is CCCCC/C=C\C/C=C\CCCCCCCC(=O)OCC(COC(=O)NCCN(CC)CC)COC(O)CCC(OCCCCCCCC)OCCCCCCCC. The Kier molecular flexibility index (Phi) is 44.0. The molecule has 59 heavy (non-hydrogen) atoms. The summed E-state index contributed by atoms with van der Waals surface area (Å²) < 4.78 is 29.2. The van der Waals surface area contributed by atoms with Gasteiger partial charge in [-0.2, -0.15) is 0 Å². The standard InChI is InChI=1S/C49H94N2O8/c1-6-11-14-17-20-21-22-23-24-25-26-27-28-29-32-35-46(52)57-42-45(44-59-49(54)50-38-39-51(9-4)10-5)43-58-47(53)36-37-48(55-40-33-30-18-15-12-7-2)56-41-34-31-19-16-13-8-3/h20-21,23-24,45,47-48,53H,6-19,22,25-44H2,1-5H3,(H,50,54)/b21-20-,24-23-. The minimum Gasteiger partial charge on any atom is -0.465 e. The highest BCUT2D eigenvalue weighted by molar-refractivity contribution is 5.69. The first-order chi connectivity index (χ1) is 28.9. The molecule has 0 aliphatic heterocycles. The quantitative estimate of drug-likeness (QED) is 0.0268. The highest BCUT2D eigenvalue weighted by atomic mass is 16.7. The van der Waals surface area contributed by atoms with Crippen LogP contribution >= 0.6 is 0 Å². The first-order valence-corrected chi connectivity index (χ1v) is 24.5. The molecule has 10 nitrogen and oxygen atoms in total. The second-order valence-electron chi connectivity index (χ2n) is 16.2. The Labute approximate surface area is 363 Å². The van der Waals surface area contributed by atoms with Gasteiger partial charge in [-0.1, -0.05) is 155 Å². The number of aliphatic hydroxyl groups excluding tert-OH is 1. The van der Waals surface area contributed by atoms with Gasteiger partial charge in [-0.25, -0.2) is 4.79 Å². The summed E-state index contributed by atoms with van der Waals surface area (Å²) in [5, 5.41) is 13.6. The topological polar surface area (TPSA) is 116 Å². The van der Waals surface area contributed by atoms with E-state index >= 15 is 0 Å². The molecule has 2 atom stereocenters. The van der Waals surface area contributed by atoms with E-state index in [9.17, 15) is 14.7 Å². The van der Waals surface area contributed by atoms with Crippen molar-refractivity contribution in [3.8, 4) is 0 Å². The molecular weight excluding hydrogens is 745 g/mol. The number of aliphatic hydroxyl groups is 1. The van der Waals surface area contributed by atoms with Crippen molar-refractivity contribution in [3.05, 3.63) is 24.3 Å². The second-order valence-corrected chi connectivity index (χ2v) is 16.2. The Morgan fingerprint density at radius 2 is 1.08 bits per heavy atom. The smallest absolute Gasteiger partial charge is 0.407 e. The van der Waals surface area contributed by atoms with E-state index in [0.717, 1.165) is 90.3 Å². The summed E-state index contributed by atoms with van der Waals surface area (Å²) in [5.74, 6) is -0.687. The summed E-state index contributed by atoms with van der Waals surface area (Å²) in [4.78, 5) is 27.4. The number of ether oxygens (including phenoxy) is 5. The van der Waals surface area contributed by atoms with E-state index in [1.807, 2.05) is 0 Å². The third kappa shape index (κ3) is 41.2. The average Bonchev–Trinajstić information content (AvgIpc) is 3.24. The van der Waals surface area contributed by atoms with Gasteiger partial charge in [0.05, 0.1) is 19.1 Å². The van der Waals surface area contributed by atoms with Crippen LogP contribution in [-0.4, -0.2) is 93.9 Å². The van der Waals surface area contributed by atoms with E-state index in [1.54, 1.807) is 0 Å². The van der Waals surface area contributed by atoms with E-state index < -0.39 is 24.6 Å². The zero-order chi connectivity index (χ0) is 43.3. The number of allylic oxidation sites excluding steroid dienone is 4. The molecule has 0 heterocycles. The molecule has 0 aromatic rings. The van der Waals surface area contributed by atoms with Gasteiger partial charge in [0.1, 0.15) is 6.61 Å². The lowest BCUT2D eigenvalue weighted by atomic mass is 10.1. The van der Waals surface area contributed by atoms with E-state index in [2.05, 4.69) is 69.1 Å². The molecule has 1 amide bonds. The molecule has 0 bridgehead atoms. The number of carbonyl (C=O) groups excluding carboxylic acids is 2. The predicted molar refractivity (Wildman–Crippen MR) is 245 cm³/mol. The summed E-state index contributed by atoms with van der Waals surface area (Å²) in [6.07, 6.45) is 35.0. The number of hydrogen-bond donors (Lipinski definition) is 2. The predicted octanol–water partition coefficient (Wildman–Crippen LogP) is 12.2. The summed E-state index contributed by atoms with van der Waals surface area (Å²) >= 11 is 0. The van der Waals surface area contributed by atoms with Gasteiger partial charge < -0.3 is 39.0 Å². The Balaban J connectivity index is 4.82. The monoisotopic (exact) mass is 839 g/mol. The number of esters is 1.